The minimum absolute atomic E-state index is 0.0273. The average molecular weight is 343 g/mol. The first kappa shape index (κ1) is 17.4. The number of nitrogens with two attached hydrogens (primary N) is 1. The molecule has 0 aromatic heterocycles. The maximum Gasteiger partial charge on any atom is 0.248 e. The fourth-order valence-electron chi connectivity index (χ4n) is 2.80. The summed E-state index contributed by atoms with van der Waals surface area (Å²) in [5, 5.41) is 8.84. The van der Waals surface area contributed by atoms with Crippen molar-refractivity contribution >= 4 is 5.91 Å². The largest absolute Gasteiger partial charge is 0.366 e. The first-order valence-corrected chi connectivity index (χ1v) is 8.09. The van der Waals surface area contributed by atoms with Crippen LogP contribution >= 0.6 is 0 Å². The standard InChI is InChI=1S/C22H16FN2O/c23-21-13-18(10-11-19(21)14-24)17-6-3-4-15(12-17)8-9-16-5-1-2-7-20(16)22(25)26/h1-8,10-13H,9H2,(H2,25,26). The molecule has 0 bridgehead atoms. The van der Waals surface area contributed by atoms with Crippen molar-refractivity contribution in [2.45, 2.75) is 6.42 Å². The van der Waals surface area contributed by atoms with Crippen molar-refractivity contribution in [1.82, 2.24) is 0 Å². The fourth-order valence-corrected chi connectivity index (χ4v) is 2.80. The Kier molecular flexibility index (Phi) is 5.09. The van der Waals surface area contributed by atoms with Crippen molar-refractivity contribution in [3.63, 3.8) is 0 Å². The minimum atomic E-state index is -0.533. The number of nitriles is 1. The average Bonchev–Trinajstić information content (AvgIpc) is 2.66. The number of carbonyl (C=O) groups is 1. The van der Waals surface area contributed by atoms with E-state index in [9.17, 15) is 9.18 Å². The highest BCUT2D eigenvalue weighted by Gasteiger charge is 2.09. The van der Waals surface area contributed by atoms with Crippen LogP contribution in [0.25, 0.3) is 11.1 Å². The van der Waals surface area contributed by atoms with E-state index in [4.69, 9.17) is 11.0 Å². The summed E-state index contributed by atoms with van der Waals surface area (Å²) in [5.74, 6) is -0.981. The van der Waals surface area contributed by atoms with E-state index in [1.54, 1.807) is 18.2 Å². The Bertz CT molecular complexity index is 1010. The monoisotopic (exact) mass is 343 g/mol. The lowest BCUT2D eigenvalue weighted by atomic mass is 9.96. The van der Waals surface area contributed by atoms with Crippen LogP contribution in [0.1, 0.15) is 27.0 Å². The molecule has 0 aliphatic rings. The van der Waals surface area contributed by atoms with Crippen LogP contribution in [-0.4, -0.2) is 5.91 Å². The minimum Gasteiger partial charge on any atom is -0.366 e. The Morgan fingerprint density at radius 3 is 2.54 bits per heavy atom. The van der Waals surface area contributed by atoms with Crippen molar-refractivity contribution < 1.29 is 9.18 Å². The van der Waals surface area contributed by atoms with Gasteiger partial charge in [0.1, 0.15) is 11.9 Å². The lowest BCUT2D eigenvalue weighted by Gasteiger charge is -2.08. The molecule has 0 aliphatic carbocycles. The van der Waals surface area contributed by atoms with Crippen LogP contribution in [0.4, 0.5) is 4.39 Å². The predicted molar refractivity (Wildman–Crippen MR) is 98.6 cm³/mol. The summed E-state index contributed by atoms with van der Waals surface area (Å²) in [5.41, 5.74) is 9.31. The van der Waals surface area contributed by atoms with E-state index in [1.807, 2.05) is 48.9 Å². The Balaban J connectivity index is 1.82. The van der Waals surface area contributed by atoms with Gasteiger partial charge in [0.05, 0.1) is 5.56 Å². The second kappa shape index (κ2) is 7.62. The molecule has 127 valence electrons. The Labute approximate surface area is 151 Å². The van der Waals surface area contributed by atoms with E-state index < -0.39 is 11.7 Å². The molecule has 0 saturated heterocycles. The summed E-state index contributed by atoms with van der Waals surface area (Å²) in [6.45, 7) is 0. The molecule has 26 heavy (non-hydrogen) atoms. The van der Waals surface area contributed by atoms with Gasteiger partial charge in [0.2, 0.25) is 5.91 Å². The van der Waals surface area contributed by atoms with E-state index in [2.05, 4.69) is 0 Å². The van der Waals surface area contributed by atoms with Crippen LogP contribution < -0.4 is 5.73 Å². The van der Waals surface area contributed by atoms with Gasteiger partial charge in [0, 0.05) is 5.56 Å². The van der Waals surface area contributed by atoms with Crippen molar-refractivity contribution in [2.24, 2.45) is 5.73 Å². The van der Waals surface area contributed by atoms with Crippen molar-refractivity contribution in [1.29, 1.82) is 5.26 Å². The second-order valence-corrected chi connectivity index (χ2v) is 5.86. The van der Waals surface area contributed by atoms with E-state index in [0.717, 1.165) is 16.7 Å². The summed E-state index contributed by atoms with van der Waals surface area (Å²) < 4.78 is 13.9. The van der Waals surface area contributed by atoms with Gasteiger partial charge in [0.15, 0.2) is 0 Å². The molecule has 1 amide bonds. The molecule has 3 nitrogen and oxygen atoms in total. The number of amides is 1. The van der Waals surface area contributed by atoms with Crippen LogP contribution in [0.5, 0.6) is 0 Å². The second-order valence-electron chi connectivity index (χ2n) is 5.86. The quantitative estimate of drug-likeness (QED) is 0.752. The molecule has 0 heterocycles. The molecule has 3 aromatic rings. The maximum absolute atomic E-state index is 13.9. The van der Waals surface area contributed by atoms with Crippen molar-refractivity contribution in [2.75, 3.05) is 0 Å². The van der Waals surface area contributed by atoms with Gasteiger partial charge >= 0.3 is 0 Å². The van der Waals surface area contributed by atoms with Crippen molar-refractivity contribution in [3.05, 3.63) is 101 Å². The zero-order valence-corrected chi connectivity index (χ0v) is 13.9. The Morgan fingerprint density at radius 1 is 1.04 bits per heavy atom. The Morgan fingerprint density at radius 2 is 1.81 bits per heavy atom. The molecule has 0 atom stereocenters. The fraction of sp³-hybridized carbons (Fsp3) is 0.0455. The van der Waals surface area contributed by atoms with E-state index in [1.165, 1.54) is 12.1 Å². The zero-order valence-electron chi connectivity index (χ0n) is 13.9. The van der Waals surface area contributed by atoms with Gasteiger partial charge in [-0.25, -0.2) is 4.39 Å². The van der Waals surface area contributed by atoms with Crippen LogP contribution in [0.2, 0.25) is 0 Å². The van der Waals surface area contributed by atoms with Gasteiger partial charge in [-0.15, -0.1) is 0 Å². The van der Waals surface area contributed by atoms with Gasteiger partial charge in [-0.1, -0.05) is 48.5 Å². The topological polar surface area (TPSA) is 66.9 Å². The van der Waals surface area contributed by atoms with E-state index in [-0.39, 0.29) is 5.56 Å². The number of benzene rings is 3. The molecule has 3 aromatic carbocycles. The van der Waals surface area contributed by atoms with Crippen molar-refractivity contribution in [3.8, 4) is 17.2 Å². The van der Waals surface area contributed by atoms with Crippen LogP contribution in [-0.2, 0) is 6.42 Å². The third-order valence-corrected chi connectivity index (χ3v) is 4.15. The number of rotatable bonds is 5. The Hall–Kier alpha value is -3.45. The highest BCUT2D eigenvalue weighted by molar-refractivity contribution is 5.94. The van der Waals surface area contributed by atoms with Gasteiger partial charge in [-0.3, -0.25) is 4.79 Å². The van der Waals surface area contributed by atoms with E-state index >= 15 is 0 Å². The van der Waals surface area contributed by atoms with Gasteiger partial charge in [-0.05, 0) is 53.3 Å². The molecule has 4 heteroatoms. The smallest absolute Gasteiger partial charge is 0.248 e. The zero-order chi connectivity index (χ0) is 18.5. The van der Waals surface area contributed by atoms with Crippen LogP contribution in [0, 0.1) is 23.6 Å². The summed E-state index contributed by atoms with van der Waals surface area (Å²) in [7, 11) is 0. The molecule has 2 N–H and O–H groups in total. The summed E-state index contributed by atoms with van der Waals surface area (Å²) >= 11 is 0. The number of hydrogen-bond acceptors (Lipinski definition) is 2. The first-order chi connectivity index (χ1) is 12.6. The number of halogens is 1. The lowest BCUT2D eigenvalue weighted by molar-refractivity contribution is 0.0999. The third kappa shape index (κ3) is 3.79. The molecule has 0 fully saturated rings. The molecule has 0 saturated carbocycles. The molecular formula is C22H16FN2O. The van der Waals surface area contributed by atoms with Crippen LogP contribution in [0.3, 0.4) is 0 Å². The molecule has 3 rings (SSSR count). The summed E-state index contributed by atoms with van der Waals surface area (Å²) in [4.78, 5) is 11.5. The molecular weight excluding hydrogens is 327 g/mol. The first-order valence-electron chi connectivity index (χ1n) is 8.09. The molecule has 0 unspecified atom stereocenters. The number of nitrogens with zero attached hydrogens (tertiary/aromatic N) is 1. The van der Waals surface area contributed by atoms with E-state index in [0.29, 0.717) is 17.5 Å². The number of hydrogen-bond donors (Lipinski definition) is 1. The maximum atomic E-state index is 13.9. The van der Waals surface area contributed by atoms with Gasteiger partial charge < -0.3 is 5.73 Å². The number of carbonyl (C=O) groups excluding carboxylic acids is 1. The number of primary amides is 1. The van der Waals surface area contributed by atoms with Gasteiger partial charge in [-0.2, -0.15) is 5.26 Å². The predicted octanol–water partition coefficient (Wildman–Crippen LogP) is 4.26. The highest BCUT2D eigenvalue weighted by Crippen LogP contribution is 2.24. The normalized spacial score (nSPS) is 10.3. The summed E-state index contributed by atoms with van der Waals surface area (Å²) in [6, 6.07) is 21.3. The van der Waals surface area contributed by atoms with Gasteiger partial charge in [0.25, 0.3) is 0 Å². The lowest BCUT2D eigenvalue weighted by Crippen LogP contribution is -2.13. The summed E-state index contributed by atoms with van der Waals surface area (Å²) in [6.07, 6.45) is 2.55. The SMILES string of the molecule is N#Cc1ccc(-c2cccc([CH]Cc3ccccc3C(N)=O)c2)cc1F. The third-order valence-electron chi connectivity index (χ3n) is 4.15. The molecule has 1 radical (unpaired) electrons. The molecule has 0 aliphatic heterocycles. The molecule has 0 spiro atoms. The highest BCUT2D eigenvalue weighted by atomic mass is 19.1. The van der Waals surface area contributed by atoms with Crippen LogP contribution in [0.15, 0.2) is 66.7 Å².